The highest BCUT2D eigenvalue weighted by Gasteiger charge is 2.47. The SMILES string of the molecule is Cc1cc(C(C)(C)C)cc(C)c1N1c2cc(-c3cc4ccccc4o3)ccc2B2c3c1cc(C(C)C)cc3N(c1c(C)cc(C(C)(C)C)cc1C)c1oc3ccc(C(C)(C)C)cc3c12. The molecule has 2 aliphatic heterocycles. The molecular formula is C59H63BN2O2. The number of hydrogen-bond donors (Lipinski definition) is 0. The van der Waals surface area contributed by atoms with Gasteiger partial charge in [0.2, 0.25) is 5.88 Å². The zero-order valence-electron chi connectivity index (χ0n) is 40.7. The van der Waals surface area contributed by atoms with E-state index in [1.165, 1.54) is 94.7 Å². The minimum Gasteiger partial charge on any atom is -0.456 e. The summed E-state index contributed by atoms with van der Waals surface area (Å²) in [4.78, 5) is 5.10. The Balaban J connectivity index is 1.36. The molecule has 6 aromatic carbocycles. The molecule has 0 fully saturated rings. The van der Waals surface area contributed by atoms with Crippen molar-refractivity contribution in [2.24, 2.45) is 0 Å². The Kier molecular flexibility index (Phi) is 9.38. The summed E-state index contributed by atoms with van der Waals surface area (Å²) in [5, 5.41) is 2.27. The number of nitrogens with zero attached hydrogens (tertiary/aromatic N) is 2. The summed E-state index contributed by atoms with van der Waals surface area (Å²) >= 11 is 0. The minimum atomic E-state index is -0.103. The van der Waals surface area contributed by atoms with E-state index in [1.54, 1.807) is 0 Å². The number of anilines is 6. The highest BCUT2D eigenvalue weighted by atomic mass is 16.4. The van der Waals surface area contributed by atoms with Crippen LogP contribution in [0.3, 0.4) is 0 Å². The van der Waals surface area contributed by atoms with Crippen molar-refractivity contribution in [3.05, 3.63) is 148 Å². The molecule has 2 aromatic heterocycles. The molecule has 5 heteroatoms. The molecule has 0 bridgehead atoms. The molecule has 10 rings (SSSR count). The number of aryl methyl sites for hydroxylation is 4. The van der Waals surface area contributed by atoms with Crippen molar-refractivity contribution in [2.45, 2.75) is 126 Å². The molecule has 8 aromatic rings. The summed E-state index contributed by atoms with van der Waals surface area (Å²) in [5.41, 5.74) is 22.8. The number of para-hydroxylation sites is 1. The van der Waals surface area contributed by atoms with Gasteiger partial charge in [0.05, 0.1) is 11.4 Å². The lowest BCUT2D eigenvalue weighted by Gasteiger charge is -2.44. The van der Waals surface area contributed by atoms with E-state index in [0.29, 0.717) is 0 Å². The molecule has 2 aliphatic rings. The lowest BCUT2D eigenvalue weighted by molar-refractivity contribution is 0.588. The third-order valence-electron chi connectivity index (χ3n) is 14.1. The number of benzene rings is 6. The maximum atomic E-state index is 7.32. The zero-order valence-corrected chi connectivity index (χ0v) is 40.7. The van der Waals surface area contributed by atoms with E-state index in [4.69, 9.17) is 8.83 Å². The quantitative estimate of drug-likeness (QED) is 0.165. The van der Waals surface area contributed by atoms with Crippen LogP contribution in [0.4, 0.5) is 34.3 Å². The number of hydrogen-bond acceptors (Lipinski definition) is 4. The van der Waals surface area contributed by atoms with Crippen molar-refractivity contribution < 1.29 is 8.83 Å². The Morgan fingerprint density at radius 3 is 1.62 bits per heavy atom. The van der Waals surface area contributed by atoms with E-state index in [2.05, 4.69) is 211 Å². The normalized spacial score (nSPS) is 13.9. The second-order valence-corrected chi connectivity index (χ2v) is 22.4. The highest BCUT2D eigenvalue weighted by Crippen LogP contribution is 2.51. The molecule has 0 radical (unpaired) electrons. The van der Waals surface area contributed by atoms with E-state index in [1.807, 2.05) is 6.07 Å². The summed E-state index contributed by atoms with van der Waals surface area (Å²) < 4.78 is 13.9. The van der Waals surface area contributed by atoms with Crippen LogP contribution in [0.25, 0.3) is 33.3 Å². The fourth-order valence-electron chi connectivity index (χ4n) is 10.6. The topological polar surface area (TPSA) is 32.8 Å². The Hall–Kier alpha value is -5.94. The van der Waals surface area contributed by atoms with Crippen molar-refractivity contribution in [3.8, 4) is 11.3 Å². The van der Waals surface area contributed by atoms with Crippen molar-refractivity contribution >= 4 is 79.4 Å². The fraction of sp³-hybridized carbons (Fsp3) is 0.322. The molecule has 0 saturated heterocycles. The van der Waals surface area contributed by atoms with Crippen LogP contribution >= 0.6 is 0 Å². The van der Waals surface area contributed by atoms with Crippen LogP contribution < -0.4 is 26.2 Å². The average Bonchev–Trinajstić information content (AvgIpc) is 3.82. The predicted octanol–water partition coefficient (Wildman–Crippen LogP) is 15.2. The van der Waals surface area contributed by atoms with E-state index in [-0.39, 0.29) is 28.9 Å². The van der Waals surface area contributed by atoms with Gasteiger partial charge >= 0.3 is 0 Å². The van der Waals surface area contributed by atoms with Gasteiger partial charge in [-0.1, -0.05) is 137 Å². The average molecular weight is 843 g/mol. The largest absolute Gasteiger partial charge is 0.456 e. The molecule has 4 nitrogen and oxygen atoms in total. The van der Waals surface area contributed by atoms with Gasteiger partial charge in [0.1, 0.15) is 16.9 Å². The Morgan fingerprint density at radius 2 is 1.06 bits per heavy atom. The molecule has 4 heterocycles. The fourth-order valence-corrected chi connectivity index (χ4v) is 10.6. The summed E-state index contributed by atoms with van der Waals surface area (Å²) in [6.45, 7) is 34.5. The first kappa shape index (κ1) is 42.0. The molecule has 324 valence electrons. The second kappa shape index (κ2) is 14.3. The maximum absolute atomic E-state index is 7.32. The highest BCUT2D eigenvalue weighted by molar-refractivity contribution is 7.01. The molecule has 0 spiro atoms. The van der Waals surface area contributed by atoms with Crippen LogP contribution in [0, 0.1) is 27.7 Å². The van der Waals surface area contributed by atoms with Crippen molar-refractivity contribution in [1.82, 2.24) is 0 Å². The van der Waals surface area contributed by atoms with Crippen molar-refractivity contribution in [2.75, 3.05) is 9.80 Å². The minimum absolute atomic E-state index is 0.00748. The summed E-state index contributed by atoms with van der Waals surface area (Å²) in [7, 11) is 0. The van der Waals surface area contributed by atoms with Gasteiger partial charge in [-0.25, -0.2) is 0 Å². The van der Waals surface area contributed by atoms with Crippen LogP contribution in [0.15, 0.2) is 112 Å². The monoisotopic (exact) mass is 842 g/mol. The molecule has 64 heavy (non-hydrogen) atoms. The standard InChI is InChI=1S/C59H63BN2O2/c1-33(2)40-29-47-53-48(30-40)62(55-36(5)26-43(27-37(55)6)59(13,14)15)56-52(44-32-41(57(7,8)9)21-23-50(44)64-56)60(53)45-22-20-39(51-31-38-18-16-17-19-49(38)63-51)28-46(45)61(47)54-34(3)24-42(25-35(54)4)58(10,11)12/h16-33H,1-15H3. The third kappa shape index (κ3) is 6.55. The molecule has 0 amide bonds. The molecule has 0 saturated carbocycles. The zero-order chi connectivity index (χ0) is 45.5. The van der Waals surface area contributed by atoms with Gasteiger partial charge in [0.15, 0.2) is 0 Å². The third-order valence-corrected chi connectivity index (χ3v) is 14.1. The lowest BCUT2D eigenvalue weighted by atomic mass is 9.33. The van der Waals surface area contributed by atoms with Gasteiger partial charge < -0.3 is 13.7 Å². The molecular weight excluding hydrogens is 779 g/mol. The smallest absolute Gasteiger partial charge is 0.257 e. The number of rotatable bonds is 4. The maximum Gasteiger partial charge on any atom is 0.257 e. The van der Waals surface area contributed by atoms with Gasteiger partial charge in [-0.15, -0.1) is 0 Å². The lowest BCUT2D eigenvalue weighted by Crippen LogP contribution is -2.61. The van der Waals surface area contributed by atoms with Crippen molar-refractivity contribution in [3.63, 3.8) is 0 Å². The predicted molar refractivity (Wildman–Crippen MR) is 275 cm³/mol. The summed E-state index contributed by atoms with van der Waals surface area (Å²) in [5.74, 6) is 2.05. The van der Waals surface area contributed by atoms with E-state index >= 15 is 0 Å². The molecule has 0 atom stereocenters. The van der Waals surface area contributed by atoms with Crippen LogP contribution in [0.1, 0.15) is 127 Å². The van der Waals surface area contributed by atoms with Crippen LogP contribution in [0.5, 0.6) is 0 Å². The number of fused-ring (bicyclic) bond motifs is 7. The summed E-state index contributed by atoms with van der Waals surface area (Å²) in [6, 6.07) is 39.0. The molecule has 0 aliphatic carbocycles. The van der Waals surface area contributed by atoms with Crippen LogP contribution in [0.2, 0.25) is 0 Å². The van der Waals surface area contributed by atoms with Crippen molar-refractivity contribution in [1.29, 1.82) is 0 Å². The molecule has 0 unspecified atom stereocenters. The Bertz CT molecular complexity index is 3130. The Morgan fingerprint density at radius 1 is 0.500 bits per heavy atom. The van der Waals surface area contributed by atoms with Gasteiger partial charge in [0.25, 0.3) is 6.71 Å². The Labute approximate surface area is 381 Å². The van der Waals surface area contributed by atoms with Crippen LogP contribution in [-0.4, -0.2) is 6.71 Å². The second-order valence-electron chi connectivity index (χ2n) is 22.4. The van der Waals surface area contributed by atoms with Gasteiger partial charge in [-0.3, -0.25) is 4.90 Å². The van der Waals surface area contributed by atoms with E-state index in [0.717, 1.165) is 33.8 Å². The van der Waals surface area contributed by atoms with Gasteiger partial charge in [-0.2, -0.15) is 0 Å². The van der Waals surface area contributed by atoms with E-state index in [9.17, 15) is 0 Å². The number of furan rings is 2. The summed E-state index contributed by atoms with van der Waals surface area (Å²) in [6.07, 6.45) is 0. The van der Waals surface area contributed by atoms with E-state index < -0.39 is 0 Å². The van der Waals surface area contributed by atoms with Gasteiger partial charge in [-0.05, 0) is 148 Å². The van der Waals surface area contributed by atoms with Crippen LogP contribution in [-0.2, 0) is 16.2 Å². The molecule has 0 N–H and O–H groups in total. The first-order valence-corrected chi connectivity index (χ1v) is 23.3. The first-order valence-electron chi connectivity index (χ1n) is 23.3. The van der Waals surface area contributed by atoms with Gasteiger partial charge in [0, 0.05) is 38.9 Å². The first-order chi connectivity index (χ1) is 30.1.